The predicted octanol–water partition coefficient (Wildman–Crippen LogP) is 2.91. The Balaban J connectivity index is 1.95. The van der Waals surface area contributed by atoms with Gasteiger partial charge in [-0.05, 0) is 43.2 Å². The first-order valence-electron chi connectivity index (χ1n) is 6.81. The first-order valence-corrected chi connectivity index (χ1v) is 6.81. The summed E-state index contributed by atoms with van der Waals surface area (Å²) in [5.74, 6) is 0.654. The minimum atomic E-state index is -0.128. The van der Waals surface area contributed by atoms with E-state index in [0.29, 0.717) is 12.0 Å². The lowest BCUT2D eigenvalue weighted by Crippen LogP contribution is -2.43. The summed E-state index contributed by atoms with van der Waals surface area (Å²) < 4.78 is 0. The maximum Gasteiger partial charge on any atom is 0.0743 e. The third-order valence-electron chi connectivity index (χ3n) is 4.42. The van der Waals surface area contributed by atoms with Crippen LogP contribution >= 0.6 is 0 Å². The first kappa shape index (κ1) is 11.1. The zero-order valence-electron chi connectivity index (χ0n) is 10.5. The van der Waals surface area contributed by atoms with Crippen LogP contribution in [0, 0.1) is 0 Å². The van der Waals surface area contributed by atoms with Gasteiger partial charge in [-0.25, -0.2) is 0 Å². The Hall–Kier alpha value is -1.02. The second-order valence-corrected chi connectivity index (χ2v) is 5.51. The molecular formula is C15H21NO. The Bertz CT molecular complexity index is 404. The largest absolute Gasteiger partial charge is 0.391 e. The molecule has 1 aliphatic carbocycles. The molecule has 1 aliphatic heterocycles. The van der Waals surface area contributed by atoms with Gasteiger partial charge in [-0.1, -0.05) is 25.1 Å². The number of benzene rings is 1. The van der Waals surface area contributed by atoms with Crippen LogP contribution in [0.3, 0.4) is 0 Å². The summed E-state index contributed by atoms with van der Waals surface area (Å²) in [6.07, 6.45) is 4.36. The molecule has 0 saturated heterocycles. The topological polar surface area (TPSA) is 23.5 Å². The molecule has 2 aliphatic rings. The standard InChI is InChI=1S/C15H21NO/c1-11-9-10-16(14-7-4-8-15(14)17)13-6-3-2-5-12(11)13/h2-3,5-6,11,14-15,17H,4,7-10H2,1H3/t11?,14-,15-/m1/s1. The van der Waals surface area contributed by atoms with Crippen LogP contribution in [0.1, 0.15) is 44.1 Å². The molecular weight excluding hydrogens is 210 g/mol. The van der Waals surface area contributed by atoms with Crippen LogP contribution in [0.2, 0.25) is 0 Å². The van der Waals surface area contributed by atoms with Crippen molar-refractivity contribution in [3.63, 3.8) is 0 Å². The van der Waals surface area contributed by atoms with E-state index >= 15 is 0 Å². The highest BCUT2D eigenvalue weighted by Crippen LogP contribution is 2.38. The summed E-state index contributed by atoms with van der Waals surface area (Å²) in [6, 6.07) is 9.06. The molecule has 0 spiro atoms. The summed E-state index contributed by atoms with van der Waals surface area (Å²) in [7, 11) is 0. The molecule has 0 aromatic heterocycles. The lowest BCUT2D eigenvalue weighted by molar-refractivity contribution is 0.159. The maximum absolute atomic E-state index is 10.1. The summed E-state index contributed by atoms with van der Waals surface area (Å²) >= 11 is 0. The number of para-hydroxylation sites is 1. The van der Waals surface area contributed by atoms with Crippen LogP contribution in [0.4, 0.5) is 5.69 Å². The SMILES string of the molecule is CC1CCN([C@@H]2CCC[C@H]2O)c2ccccc21. The molecule has 1 saturated carbocycles. The average Bonchev–Trinajstić information content (AvgIpc) is 2.77. The van der Waals surface area contributed by atoms with Gasteiger partial charge in [0.05, 0.1) is 12.1 Å². The summed E-state index contributed by atoms with van der Waals surface area (Å²) in [4.78, 5) is 2.45. The predicted molar refractivity (Wildman–Crippen MR) is 70.5 cm³/mol. The quantitative estimate of drug-likeness (QED) is 0.803. The molecule has 2 nitrogen and oxygen atoms in total. The minimum absolute atomic E-state index is 0.128. The van der Waals surface area contributed by atoms with Crippen molar-refractivity contribution >= 4 is 5.69 Å². The van der Waals surface area contributed by atoms with Crippen LogP contribution in [-0.4, -0.2) is 23.8 Å². The van der Waals surface area contributed by atoms with Crippen molar-refractivity contribution in [1.29, 1.82) is 0 Å². The van der Waals surface area contributed by atoms with Gasteiger partial charge in [-0.15, -0.1) is 0 Å². The molecule has 0 radical (unpaired) electrons. The Labute approximate surface area is 103 Å². The third kappa shape index (κ3) is 1.85. The van der Waals surface area contributed by atoms with Gasteiger partial charge >= 0.3 is 0 Å². The van der Waals surface area contributed by atoms with Gasteiger partial charge in [-0.3, -0.25) is 0 Å². The van der Waals surface area contributed by atoms with E-state index in [9.17, 15) is 5.11 Å². The number of rotatable bonds is 1. The van der Waals surface area contributed by atoms with Gasteiger partial charge in [0.1, 0.15) is 0 Å². The average molecular weight is 231 g/mol. The molecule has 17 heavy (non-hydrogen) atoms. The van der Waals surface area contributed by atoms with Crippen molar-refractivity contribution in [3.8, 4) is 0 Å². The molecule has 0 bridgehead atoms. The van der Waals surface area contributed by atoms with Gasteiger partial charge in [0.2, 0.25) is 0 Å². The van der Waals surface area contributed by atoms with Crippen LogP contribution in [0.15, 0.2) is 24.3 Å². The molecule has 3 atom stereocenters. The number of hydrogen-bond acceptors (Lipinski definition) is 2. The second kappa shape index (κ2) is 4.34. The summed E-state index contributed by atoms with van der Waals surface area (Å²) in [5, 5.41) is 10.1. The van der Waals surface area contributed by atoms with Gasteiger partial charge < -0.3 is 10.0 Å². The molecule has 1 N–H and O–H groups in total. The van der Waals surface area contributed by atoms with Gasteiger partial charge in [0.15, 0.2) is 0 Å². The van der Waals surface area contributed by atoms with E-state index < -0.39 is 0 Å². The molecule has 3 rings (SSSR count). The molecule has 92 valence electrons. The Morgan fingerprint density at radius 1 is 1.18 bits per heavy atom. The minimum Gasteiger partial charge on any atom is -0.391 e. The smallest absolute Gasteiger partial charge is 0.0743 e. The lowest BCUT2D eigenvalue weighted by atomic mass is 9.90. The normalized spacial score (nSPS) is 32.6. The van der Waals surface area contributed by atoms with E-state index in [4.69, 9.17) is 0 Å². The van der Waals surface area contributed by atoms with Crippen molar-refractivity contribution in [1.82, 2.24) is 0 Å². The van der Waals surface area contributed by atoms with Gasteiger partial charge in [0.25, 0.3) is 0 Å². The highest BCUT2D eigenvalue weighted by Gasteiger charge is 2.34. The highest BCUT2D eigenvalue weighted by molar-refractivity contribution is 5.58. The van der Waals surface area contributed by atoms with E-state index in [-0.39, 0.29) is 6.10 Å². The maximum atomic E-state index is 10.1. The van der Waals surface area contributed by atoms with Crippen molar-refractivity contribution in [3.05, 3.63) is 29.8 Å². The van der Waals surface area contributed by atoms with Crippen molar-refractivity contribution < 1.29 is 5.11 Å². The van der Waals surface area contributed by atoms with Crippen molar-refractivity contribution in [2.75, 3.05) is 11.4 Å². The van der Waals surface area contributed by atoms with Crippen molar-refractivity contribution in [2.24, 2.45) is 0 Å². The summed E-state index contributed by atoms with van der Waals surface area (Å²) in [5.41, 5.74) is 2.81. The zero-order chi connectivity index (χ0) is 11.8. The third-order valence-corrected chi connectivity index (χ3v) is 4.42. The van der Waals surface area contributed by atoms with Crippen LogP contribution < -0.4 is 4.90 Å². The molecule has 1 aromatic rings. The molecule has 1 heterocycles. The van der Waals surface area contributed by atoms with Crippen LogP contribution in [0.5, 0.6) is 0 Å². The first-order chi connectivity index (χ1) is 8.27. The van der Waals surface area contributed by atoms with E-state index in [1.54, 1.807) is 0 Å². The fourth-order valence-corrected chi connectivity index (χ4v) is 3.40. The molecule has 2 heteroatoms. The van der Waals surface area contributed by atoms with E-state index in [0.717, 1.165) is 19.4 Å². The number of hydrogen-bond donors (Lipinski definition) is 1. The van der Waals surface area contributed by atoms with Crippen LogP contribution in [-0.2, 0) is 0 Å². The van der Waals surface area contributed by atoms with E-state index in [2.05, 4.69) is 36.1 Å². The van der Waals surface area contributed by atoms with Gasteiger partial charge in [0, 0.05) is 12.2 Å². The molecule has 1 unspecified atom stereocenters. The fourth-order valence-electron chi connectivity index (χ4n) is 3.40. The Morgan fingerprint density at radius 3 is 2.76 bits per heavy atom. The van der Waals surface area contributed by atoms with E-state index in [1.807, 2.05) is 0 Å². The van der Waals surface area contributed by atoms with Crippen molar-refractivity contribution in [2.45, 2.75) is 50.7 Å². The van der Waals surface area contributed by atoms with Crippen LogP contribution in [0.25, 0.3) is 0 Å². The lowest BCUT2D eigenvalue weighted by Gasteiger charge is -2.39. The number of nitrogens with zero attached hydrogens (tertiary/aromatic N) is 1. The number of aliphatic hydroxyl groups excluding tert-OH is 1. The summed E-state index contributed by atoms with van der Waals surface area (Å²) in [6.45, 7) is 3.40. The fraction of sp³-hybridized carbons (Fsp3) is 0.600. The Kier molecular flexibility index (Phi) is 2.83. The van der Waals surface area contributed by atoms with Gasteiger partial charge in [-0.2, -0.15) is 0 Å². The molecule has 1 fully saturated rings. The highest BCUT2D eigenvalue weighted by atomic mass is 16.3. The monoisotopic (exact) mass is 231 g/mol. The van der Waals surface area contributed by atoms with E-state index in [1.165, 1.54) is 24.1 Å². The molecule has 1 aromatic carbocycles. The zero-order valence-corrected chi connectivity index (χ0v) is 10.5. The Morgan fingerprint density at radius 2 is 2.00 bits per heavy atom. The second-order valence-electron chi connectivity index (χ2n) is 5.51. The number of fused-ring (bicyclic) bond motifs is 1. The number of aliphatic hydroxyl groups is 1. The number of anilines is 1. The molecule has 0 amide bonds.